The van der Waals surface area contributed by atoms with Gasteiger partial charge in [-0.25, -0.2) is 4.79 Å². The standard InChI is InChI=1S/C13H11ClO4/c14-11-4-2-1-3-9(11)7-17-8-10-5-6-18-12(10)13(15)16/h1-6H,7-8H2,(H,15,16). The van der Waals surface area contributed by atoms with E-state index < -0.39 is 5.97 Å². The molecule has 0 saturated heterocycles. The molecule has 0 saturated carbocycles. The zero-order valence-electron chi connectivity index (χ0n) is 9.43. The van der Waals surface area contributed by atoms with E-state index >= 15 is 0 Å². The fourth-order valence-corrected chi connectivity index (χ4v) is 1.71. The molecule has 0 fully saturated rings. The molecule has 2 aromatic rings. The summed E-state index contributed by atoms with van der Waals surface area (Å²) in [5.41, 5.74) is 1.37. The number of aromatic carboxylic acids is 1. The average molecular weight is 267 g/mol. The fourth-order valence-electron chi connectivity index (χ4n) is 1.52. The van der Waals surface area contributed by atoms with Gasteiger partial charge >= 0.3 is 5.97 Å². The van der Waals surface area contributed by atoms with Crippen molar-refractivity contribution in [3.8, 4) is 0 Å². The minimum atomic E-state index is -1.10. The first-order valence-corrected chi connectivity index (χ1v) is 5.67. The first-order valence-electron chi connectivity index (χ1n) is 5.29. The molecule has 2 rings (SSSR count). The Hall–Kier alpha value is -1.78. The van der Waals surface area contributed by atoms with Crippen molar-refractivity contribution >= 4 is 17.6 Å². The van der Waals surface area contributed by atoms with Crippen molar-refractivity contribution in [1.29, 1.82) is 0 Å². The second-order valence-electron chi connectivity index (χ2n) is 3.66. The minimum absolute atomic E-state index is 0.0887. The van der Waals surface area contributed by atoms with Crippen LogP contribution in [-0.4, -0.2) is 11.1 Å². The lowest BCUT2D eigenvalue weighted by Gasteiger charge is -2.05. The molecular formula is C13H11ClO4. The molecule has 0 atom stereocenters. The molecule has 1 aromatic carbocycles. The van der Waals surface area contributed by atoms with E-state index in [-0.39, 0.29) is 12.4 Å². The molecule has 0 bridgehead atoms. The van der Waals surface area contributed by atoms with Crippen LogP contribution in [0, 0.1) is 0 Å². The largest absolute Gasteiger partial charge is 0.475 e. The maximum atomic E-state index is 10.8. The van der Waals surface area contributed by atoms with Gasteiger partial charge < -0.3 is 14.3 Å². The normalized spacial score (nSPS) is 10.5. The van der Waals surface area contributed by atoms with Gasteiger partial charge in [-0.15, -0.1) is 0 Å². The lowest BCUT2D eigenvalue weighted by molar-refractivity contribution is 0.0646. The zero-order valence-corrected chi connectivity index (χ0v) is 10.2. The molecule has 1 N–H and O–H groups in total. The molecule has 1 aromatic heterocycles. The van der Waals surface area contributed by atoms with E-state index in [0.29, 0.717) is 17.2 Å². The van der Waals surface area contributed by atoms with Crippen molar-refractivity contribution in [2.45, 2.75) is 13.2 Å². The second-order valence-corrected chi connectivity index (χ2v) is 4.07. The summed E-state index contributed by atoms with van der Waals surface area (Å²) in [5, 5.41) is 9.47. The van der Waals surface area contributed by atoms with E-state index in [1.165, 1.54) is 6.26 Å². The topological polar surface area (TPSA) is 59.7 Å². The van der Waals surface area contributed by atoms with Crippen LogP contribution in [0.5, 0.6) is 0 Å². The van der Waals surface area contributed by atoms with Crippen LogP contribution in [0.25, 0.3) is 0 Å². The average Bonchev–Trinajstić information content (AvgIpc) is 2.80. The summed E-state index contributed by atoms with van der Waals surface area (Å²) in [4.78, 5) is 10.8. The van der Waals surface area contributed by atoms with Crippen molar-refractivity contribution in [1.82, 2.24) is 0 Å². The molecule has 18 heavy (non-hydrogen) atoms. The number of hydrogen-bond donors (Lipinski definition) is 1. The molecule has 4 nitrogen and oxygen atoms in total. The van der Waals surface area contributed by atoms with Gasteiger partial charge in [0.1, 0.15) is 0 Å². The Balaban J connectivity index is 1.95. The third kappa shape index (κ3) is 2.91. The van der Waals surface area contributed by atoms with Crippen LogP contribution < -0.4 is 0 Å². The van der Waals surface area contributed by atoms with E-state index in [9.17, 15) is 4.79 Å². The monoisotopic (exact) mass is 266 g/mol. The number of hydrogen-bond acceptors (Lipinski definition) is 3. The van der Waals surface area contributed by atoms with Gasteiger partial charge in [0.25, 0.3) is 0 Å². The summed E-state index contributed by atoms with van der Waals surface area (Å²) >= 11 is 5.97. The molecule has 94 valence electrons. The predicted molar refractivity (Wildman–Crippen MR) is 65.6 cm³/mol. The molecule has 0 spiro atoms. The van der Waals surface area contributed by atoms with Gasteiger partial charge in [0, 0.05) is 10.6 Å². The molecule has 5 heteroatoms. The Morgan fingerprint density at radius 2 is 1.94 bits per heavy atom. The van der Waals surface area contributed by atoms with Crippen LogP contribution in [-0.2, 0) is 18.0 Å². The second kappa shape index (κ2) is 5.71. The Labute approximate surface area is 109 Å². The van der Waals surface area contributed by atoms with Gasteiger partial charge in [0.2, 0.25) is 5.76 Å². The summed E-state index contributed by atoms with van der Waals surface area (Å²) in [6.07, 6.45) is 1.33. The summed E-state index contributed by atoms with van der Waals surface area (Å²) in [7, 11) is 0. The Kier molecular flexibility index (Phi) is 4.02. The lowest BCUT2D eigenvalue weighted by atomic mass is 10.2. The maximum absolute atomic E-state index is 10.8. The number of ether oxygens (including phenoxy) is 1. The minimum Gasteiger partial charge on any atom is -0.475 e. The molecule has 0 aliphatic carbocycles. The van der Waals surface area contributed by atoms with Crippen LogP contribution in [0.3, 0.4) is 0 Å². The molecule has 0 unspecified atom stereocenters. The quantitative estimate of drug-likeness (QED) is 0.902. The van der Waals surface area contributed by atoms with Gasteiger partial charge in [-0.3, -0.25) is 0 Å². The van der Waals surface area contributed by atoms with Crippen molar-refractivity contribution in [2.24, 2.45) is 0 Å². The highest BCUT2D eigenvalue weighted by Crippen LogP contribution is 2.17. The van der Waals surface area contributed by atoms with Crippen molar-refractivity contribution in [3.63, 3.8) is 0 Å². The highest BCUT2D eigenvalue weighted by Gasteiger charge is 2.13. The number of carboxylic acids is 1. The lowest BCUT2D eigenvalue weighted by Crippen LogP contribution is -2.01. The first-order chi connectivity index (χ1) is 8.68. The predicted octanol–water partition coefficient (Wildman–Crippen LogP) is 3.35. The Bertz CT molecular complexity index is 547. The molecular weight excluding hydrogens is 256 g/mol. The van der Waals surface area contributed by atoms with Gasteiger partial charge in [0.05, 0.1) is 19.5 Å². The van der Waals surface area contributed by atoms with Gasteiger partial charge in [-0.05, 0) is 17.7 Å². The number of furan rings is 1. The smallest absolute Gasteiger partial charge is 0.372 e. The van der Waals surface area contributed by atoms with E-state index in [0.717, 1.165) is 5.56 Å². The van der Waals surface area contributed by atoms with Crippen molar-refractivity contribution in [2.75, 3.05) is 0 Å². The molecule has 0 aliphatic heterocycles. The highest BCUT2D eigenvalue weighted by molar-refractivity contribution is 6.31. The number of rotatable bonds is 5. The number of halogens is 1. The molecule has 0 radical (unpaired) electrons. The number of benzene rings is 1. The molecule has 1 heterocycles. The van der Waals surface area contributed by atoms with Crippen LogP contribution in [0.1, 0.15) is 21.7 Å². The van der Waals surface area contributed by atoms with Crippen molar-refractivity contribution in [3.05, 3.63) is 58.5 Å². The van der Waals surface area contributed by atoms with Crippen LogP contribution in [0.2, 0.25) is 5.02 Å². The number of carboxylic acid groups (broad SMARTS) is 1. The SMILES string of the molecule is O=C(O)c1occc1COCc1ccccc1Cl. The van der Waals surface area contributed by atoms with Gasteiger partial charge in [0.15, 0.2) is 0 Å². The number of carbonyl (C=O) groups is 1. The summed E-state index contributed by atoms with van der Waals surface area (Å²) in [6, 6.07) is 8.92. The first kappa shape index (κ1) is 12.7. The van der Waals surface area contributed by atoms with Crippen LogP contribution in [0.15, 0.2) is 41.0 Å². The van der Waals surface area contributed by atoms with E-state index in [2.05, 4.69) is 0 Å². The molecule has 0 amide bonds. The Morgan fingerprint density at radius 3 is 2.67 bits per heavy atom. The maximum Gasteiger partial charge on any atom is 0.372 e. The molecule has 0 aliphatic rings. The van der Waals surface area contributed by atoms with E-state index in [4.69, 9.17) is 25.9 Å². The van der Waals surface area contributed by atoms with Gasteiger partial charge in [-0.2, -0.15) is 0 Å². The zero-order chi connectivity index (χ0) is 13.0. The fraction of sp³-hybridized carbons (Fsp3) is 0.154. The van der Waals surface area contributed by atoms with Crippen molar-refractivity contribution < 1.29 is 19.1 Å². The summed E-state index contributed by atoms with van der Waals surface area (Å²) < 4.78 is 10.3. The summed E-state index contributed by atoms with van der Waals surface area (Å²) in [6.45, 7) is 0.493. The highest BCUT2D eigenvalue weighted by atomic mass is 35.5. The van der Waals surface area contributed by atoms with E-state index in [1.807, 2.05) is 18.2 Å². The van der Waals surface area contributed by atoms with Gasteiger partial charge in [-0.1, -0.05) is 29.8 Å². The van der Waals surface area contributed by atoms with Crippen LogP contribution >= 0.6 is 11.6 Å². The third-order valence-corrected chi connectivity index (χ3v) is 2.78. The Morgan fingerprint density at radius 1 is 1.22 bits per heavy atom. The van der Waals surface area contributed by atoms with E-state index in [1.54, 1.807) is 12.1 Å². The summed E-state index contributed by atoms with van der Waals surface area (Å²) in [5.74, 6) is -1.19. The third-order valence-electron chi connectivity index (χ3n) is 2.41. The van der Waals surface area contributed by atoms with Crippen LogP contribution in [0.4, 0.5) is 0 Å².